The van der Waals surface area contributed by atoms with Gasteiger partial charge in [0.1, 0.15) is 18.2 Å². The van der Waals surface area contributed by atoms with Crippen LogP contribution in [0, 0.1) is 13.8 Å². The van der Waals surface area contributed by atoms with Crippen LogP contribution in [-0.2, 0) is 20.7 Å². The first-order valence-electron chi connectivity index (χ1n) is 14.2. The van der Waals surface area contributed by atoms with Gasteiger partial charge in [0, 0.05) is 41.5 Å². The molecule has 0 amide bonds. The first-order valence-corrected chi connectivity index (χ1v) is 14.2. The van der Waals surface area contributed by atoms with Crippen LogP contribution in [0.1, 0.15) is 36.6 Å². The van der Waals surface area contributed by atoms with Gasteiger partial charge in [0.2, 0.25) is 0 Å². The zero-order valence-corrected chi connectivity index (χ0v) is 24.1. The minimum atomic E-state index is -0.297. The van der Waals surface area contributed by atoms with Crippen molar-refractivity contribution in [1.29, 1.82) is 0 Å². The fourth-order valence-corrected chi connectivity index (χ4v) is 5.73. The van der Waals surface area contributed by atoms with Crippen LogP contribution in [0.4, 0.5) is 5.82 Å². The predicted octanol–water partition coefficient (Wildman–Crippen LogP) is 5.72. The van der Waals surface area contributed by atoms with Crippen molar-refractivity contribution in [3.8, 4) is 28.1 Å². The van der Waals surface area contributed by atoms with Crippen LogP contribution in [0.5, 0.6) is 5.75 Å². The standard InChI is InChI=1S/C33H36N4O4/c1-22-10-11-29-27(18-22)24-8-7-9-25(19-24)28-21-30-34-23(2)26(20-31(38)39-4)32(37(30)35-28)36-14-12-33(3,13-15-36)41-17-6-5-16-40-29/h5-11,18-19,21H,12-17,20H2,1-4H3/b6-5+. The molecule has 6 bridgehead atoms. The molecule has 0 saturated carbocycles. The maximum atomic E-state index is 12.5. The van der Waals surface area contributed by atoms with E-state index in [1.54, 1.807) is 0 Å². The highest BCUT2D eigenvalue weighted by molar-refractivity contribution is 5.78. The summed E-state index contributed by atoms with van der Waals surface area (Å²) in [5, 5.41) is 5.07. The summed E-state index contributed by atoms with van der Waals surface area (Å²) in [6, 6.07) is 16.6. The van der Waals surface area contributed by atoms with Gasteiger partial charge in [-0.25, -0.2) is 4.98 Å². The fraction of sp³-hybridized carbons (Fsp3) is 0.364. The highest BCUT2D eigenvalue weighted by atomic mass is 16.5. The molecule has 1 fully saturated rings. The first kappa shape index (κ1) is 27.0. The molecule has 2 aromatic heterocycles. The second kappa shape index (κ2) is 11.0. The molecule has 212 valence electrons. The molecule has 7 rings (SSSR count). The molecule has 3 aliphatic rings. The number of methoxy groups -OCH3 is 1. The van der Waals surface area contributed by atoms with Gasteiger partial charge in [-0.05, 0) is 63.5 Å². The van der Waals surface area contributed by atoms with Gasteiger partial charge in [0.15, 0.2) is 5.65 Å². The van der Waals surface area contributed by atoms with E-state index >= 15 is 0 Å². The van der Waals surface area contributed by atoms with Crippen LogP contribution in [0.25, 0.3) is 28.0 Å². The Morgan fingerprint density at radius 2 is 1.80 bits per heavy atom. The van der Waals surface area contributed by atoms with E-state index in [9.17, 15) is 4.79 Å². The fourth-order valence-electron chi connectivity index (χ4n) is 5.73. The Hall–Kier alpha value is -4.17. The Bertz CT molecular complexity index is 1630. The number of ether oxygens (including phenoxy) is 3. The highest BCUT2D eigenvalue weighted by Crippen LogP contribution is 2.36. The summed E-state index contributed by atoms with van der Waals surface area (Å²) in [4.78, 5) is 19.7. The lowest BCUT2D eigenvalue weighted by Crippen LogP contribution is -2.45. The lowest BCUT2D eigenvalue weighted by atomic mass is 9.93. The van der Waals surface area contributed by atoms with Crippen LogP contribution >= 0.6 is 0 Å². The molecule has 0 unspecified atom stereocenters. The summed E-state index contributed by atoms with van der Waals surface area (Å²) >= 11 is 0. The molecule has 0 radical (unpaired) electrons. The predicted molar refractivity (Wildman–Crippen MR) is 159 cm³/mol. The van der Waals surface area contributed by atoms with Gasteiger partial charge < -0.3 is 19.1 Å². The number of piperidine rings is 1. The number of carbonyl (C=O) groups excluding carboxylic acids is 1. The van der Waals surface area contributed by atoms with Crippen LogP contribution in [-0.4, -0.2) is 59.6 Å². The third-order valence-corrected chi connectivity index (χ3v) is 8.18. The Morgan fingerprint density at radius 3 is 2.61 bits per heavy atom. The number of nitrogens with zero attached hydrogens (tertiary/aromatic N) is 4. The van der Waals surface area contributed by atoms with Crippen molar-refractivity contribution in [2.75, 3.05) is 38.3 Å². The average Bonchev–Trinajstić information content (AvgIpc) is 3.39. The van der Waals surface area contributed by atoms with E-state index in [1.807, 2.05) is 41.8 Å². The molecular formula is C33H36N4O4. The molecule has 0 atom stereocenters. The third-order valence-electron chi connectivity index (χ3n) is 8.18. The van der Waals surface area contributed by atoms with Gasteiger partial charge in [-0.1, -0.05) is 35.9 Å². The topological polar surface area (TPSA) is 78.2 Å². The number of aromatic nitrogens is 3. The Morgan fingerprint density at radius 1 is 1.02 bits per heavy atom. The molecule has 41 heavy (non-hydrogen) atoms. The number of anilines is 1. The van der Waals surface area contributed by atoms with Gasteiger partial charge >= 0.3 is 5.97 Å². The van der Waals surface area contributed by atoms with E-state index in [-0.39, 0.29) is 18.0 Å². The maximum absolute atomic E-state index is 12.5. The molecule has 1 saturated heterocycles. The second-order valence-electron chi connectivity index (χ2n) is 11.2. The van der Waals surface area contributed by atoms with Gasteiger partial charge in [-0.3, -0.25) is 4.79 Å². The van der Waals surface area contributed by atoms with Crippen molar-refractivity contribution in [3.05, 3.63) is 77.5 Å². The summed E-state index contributed by atoms with van der Waals surface area (Å²) in [7, 11) is 1.42. The van der Waals surface area contributed by atoms with E-state index in [1.165, 1.54) is 7.11 Å². The van der Waals surface area contributed by atoms with Crippen molar-refractivity contribution >= 4 is 17.4 Å². The number of esters is 1. The second-order valence-corrected chi connectivity index (χ2v) is 11.2. The SMILES string of the molecule is COC(=O)Cc1c(C)nc2cc3nn2c1N1CCC(C)(CC1)OC/C=C/COc1ccc(C)cc1-c1cccc-3c1. The van der Waals surface area contributed by atoms with Crippen molar-refractivity contribution in [3.63, 3.8) is 0 Å². The van der Waals surface area contributed by atoms with Crippen molar-refractivity contribution in [2.24, 2.45) is 0 Å². The molecular weight excluding hydrogens is 516 g/mol. The van der Waals surface area contributed by atoms with E-state index in [0.29, 0.717) is 13.2 Å². The summed E-state index contributed by atoms with van der Waals surface area (Å²) < 4.78 is 19.5. The van der Waals surface area contributed by atoms with Crippen LogP contribution in [0.2, 0.25) is 0 Å². The van der Waals surface area contributed by atoms with E-state index in [2.05, 4.69) is 49.1 Å². The number of rotatable bonds is 2. The summed E-state index contributed by atoms with van der Waals surface area (Å²) in [5.41, 5.74) is 7.19. The number of hydrogen-bond acceptors (Lipinski definition) is 7. The summed E-state index contributed by atoms with van der Waals surface area (Å²) in [5.74, 6) is 1.43. The number of hydrogen-bond donors (Lipinski definition) is 0. The zero-order valence-electron chi connectivity index (χ0n) is 24.1. The smallest absolute Gasteiger partial charge is 0.310 e. The molecule has 3 aliphatic heterocycles. The average molecular weight is 553 g/mol. The largest absolute Gasteiger partial charge is 0.489 e. The third kappa shape index (κ3) is 5.44. The van der Waals surface area contributed by atoms with Gasteiger partial charge in [-0.2, -0.15) is 9.61 Å². The molecule has 5 heterocycles. The van der Waals surface area contributed by atoms with Crippen molar-refractivity contribution < 1.29 is 19.0 Å². The molecule has 2 aromatic carbocycles. The summed E-state index contributed by atoms with van der Waals surface area (Å²) in [6.07, 6.45) is 5.89. The highest BCUT2D eigenvalue weighted by Gasteiger charge is 2.33. The Kier molecular flexibility index (Phi) is 7.26. The van der Waals surface area contributed by atoms with Gasteiger partial charge in [0.05, 0.1) is 31.4 Å². The van der Waals surface area contributed by atoms with Crippen molar-refractivity contribution in [1.82, 2.24) is 14.6 Å². The molecule has 8 nitrogen and oxygen atoms in total. The molecule has 0 aliphatic carbocycles. The molecule has 8 heteroatoms. The molecule has 4 aromatic rings. The number of fused-ring (bicyclic) bond motifs is 6. The zero-order chi connectivity index (χ0) is 28.6. The monoisotopic (exact) mass is 552 g/mol. The van der Waals surface area contributed by atoms with E-state index in [4.69, 9.17) is 24.3 Å². The first-order chi connectivity index (χ1) is 19.8. The number of carbonyl (C=O) groups is 1. The minimum Gasteiger partial charge on any atom is -0.489 e. The van der Waals surface area contributed by atoms with Gasteiger partial charge in [0.25, 0.3) is 0 Å². The molecule has 0 N–H and O–H groups in total. The lowest BCUT2D eigenvalue weighted by molar-refractivity contribution is -0.139. The lowest BCUT2D eigenvalue weighted by Gasteiger charge is -2.40. The van der Waals surface area contributed by atoms with Crippen LogP contribution in [0.15, 0.2) is 60.7 Å². The quantitative estimate of drug-likeness (QED) is 0.233. The Balaban J connectivity index is 1.52. The molecule has 0 spiro atoms. The summed E-state index contributed by atoms with van der Waals surface area (Å²) in [6.45, 7) is 8.76. The van der Waals surface area contributed by atoms with E-state index in [0.717, 1.165) is 82.4 Å². The normalized spacial score (nSPS) is 17.3. The maximum Gasteiger partial charge on any atom is 0.310 e. The van der Waals surface area contributed by atoms with Crippen LogP contribution in [0.3, 0.4) is 0 Å². The van der Waals surface area contributed by atoms with E-state index < -0.39 is 0 Å². The van der Waals surface area contributed by atoms with Crippen LogP contribution < -0.4 is 9.64 Å². The van der Waals surface area contributed by atoms with Crippen molar-refractivity contribution in [2.45, 2.75) is 45.6 Å². The number of aryl methyl sites for hydroxylation is 2. The number of benzene rings is 2. The van der Waals surface area contributed by atoms with Gasteiger partial charge in [-0.15, -0.1) is 0 Å². The minimum absolute atomic E-state index is 0.135. The Labute approximate surface area is 240 Å².